The number of hydrogen-bond acceptors (Lipinski definition) is 6. The van der Waals surface area contributed by atoms with Crippen molar-refractivity contribution in [2.24, 2.45) is 0 Å². The van der Waals surface area contributed by atoms with Crippen LogP contribution in [-0.4, -0.2) is 27.6 Å². The van der Waals surface area contributed by atoms with Gasteiger partial charge in [0, 0.05) is 11.6 Å². The molecule has 0 radical (unpaired) electrons. The molecule has 0 atom stereocenters. The number of carbonyl (C=O) groups is 2. The SMILES string of the molecule is O=C([O-])CN1C(=O)/C(=C\c2ccc(-c3ccc(Cl)c(Cl)c3)o2)SC1=S. The molecule has 1 amide bonds. The normalized spacial score (nSPS) is 16.1. The zero-order chi connectivity index (χ0) is 18.1. The van der Waals surface area contributed by atoms with Crippen molar-refractivity contribution in [3.05, 3.63) is 51.0 Å². The summed E-state index contributed by atoms with van der Waals surface area (Å²) in [5, 5.41) is 11.5. The molecule has 0 spiro atoms. The van der Waals surface area contributed by atoms with Crippen LogP contribution in [-0.2, 0) is 9.59 Å². The fraction of sp³-hybridized carbons (Fsp3) is 0.0625. The molecule has 5 nitrogen and oxygen atoms in total. The molecule has 3 rings (SSSR count). The van der Waals surface area contributed by atoms with Crippen LogP contribution in [0.5, 0.6) is 0 Å². The Labute approximate surface area is 162 Å². The minimum atomic E-state index is -1.38. The molecule has 1 aromatic carbocycles. The number of aliphatic carboxylic acids is 1. The molecule has 1 saturated heterocycles. The maximum absolute atomic E-state index is 12.2. The first-order valence-corrected chi connectivity index (χ1v) is 8.83. The smallest absolute Gasteiger partial charge is 0.266 e. The Morgan fingerprint density at radius 1 is 1.28 bits per heavy atom. The predicted octanol–water partition coefficient (Wildman–Crippen LogP) is 3.20. The van der Waals surface area contributed by atoms with Crippen molar-refractivity contribution in [2.45, 2.75) is 0 Å². The second-order valence-corrected chi connectivity index (χ2v) is 7.46. The summed E-state index contributed by atoms with van der Waals surface area (Å²) in [7, 11) is 0. The summed E-state index contributed by atoms with van der Waals surface area (Å²) in [6, 6.07) is 8.50. The lowest BCUT2D eigenvalue weighted by molar-refractivity contribution is -0.305. The van der Waals surface area contributed by atoms with E-state index in [1.165, 1.54) is 6.08 Å². The van der Waals surface area contributed by atoms with Crippen LogP contribution in [0, 0.1) is 0 Å². The monoisotopic (exact) mass is 412 g/mol. The summed E-state index contributed by atoms with van der Waals surface area (Å²) in [5.41, 5.74) is 0.735. The Bertz CT molecular complexity index is 923. The number of carboxylic acids is 1. The van der Waals surface area contributed by atoms with Gasteiger partial charge in [-0.2, -0.15) is 0 Å². The molecule has 25 heavy (non-hydrogen) atoms. The van der Waals surface area contributed by atoms with Gasteiger partial charge in [-0.25, -0.2) is 0 Å². The second-order valence-electron chi connectivity index (χ2n) is 4.97. The van der Waals surface area contributed by atoms with Gasteiger partial charge in [-0.3, -0.25) is 9.69 Å². The molecule has 0 saturated carbocycles. The number of amides is 1. The topological polar surface area (TPSA) is 73.6 Å². The lowest BCUT2D eigenvalue weighted by Crippen LogP contribution is -2.40. The molecule has 1 aliphatic heterocycles. The number of carboxylic acid groups (broad SMARTS) is 1. The maximum atomic E-state index is 12.2. The molecule has 1 aromatic heterocycles. The van der Waals surface area contributed by atoms with Crippen LogP contribution in [0.1, 0.15) is 5.76 Å². The third-order valence-corrected chi connectivity index (χ3v) is 5.38. The lowest BCUT2D eigenvalue weighted by atomic mass is 10.2. The Morgan fingerprint density at radius 3 is 2.72 bits per heavy atom. The molecule has 1 fully saturated rings. The van der Waals surface area contributed by atoms with E-state index >= 15 is 0 Å². The van der Waals surface area contributed by atoms with Crippen molar-refractivity contribution >= 4 is 69.5 Å². The predicted molar refractivity (Wildman–Crippen MR) is 99.1 cm³/mol. The zero-order valence-electron chi connectivity index (χ0n) is 12.3. The highest BCUT2D eigenvalue weighted by Gasteiger charge is 2.32. The highest BCUT2D eigenvalue weighted by atomic mass is 35.5. The van der Waals surface area contributed by atoms with Crippen molar-refractivity contribution in [3.63, 3.8) is 0 Å². The van der Waals surface area contributed by atoms with E-state index in [1.54, 1.807) is 30.3 Å². The van der Waals surface area contributed by atoms with E-state index in [0.29, 0.717) is 21.6 Å². The molecular formula is C16H8Cl2NO4S2-. The summed E-state index contributed by atoms with van der Waals surface area (Å²) < 4.78 is 5.86. The summed E-state index contributed by atoms with van der Waals surface area (Å²) in [5.74, 6) is -0.894. The second kappa shape index (κ2) is 7.21. The molecule has 2 aromatic rings. The number of furan rings is 1. The fourth-order valence-electron chi connectivity index (χ4n) is 2.13. The molecule has 0 N–H and O–H groups in total. The number of rotatable bonds is 4. The van der Waals surface area contributed by atoms with Gasteiger partial charge in [-0.05, 0) is 30.3 Å². The summed E-state index contributed by atoms with van der Waals surface area (Å²) in [6.45, 7) is -0.575. The lowest BCUT2D eigenvalue weighted by Gasteiger charge is -2.14. The van der Waals surface area contributed by atoms with Crippen molar-refractivity contribution in [1.29, 1.82) is 0 Å². The zero-order valence-corrected chi connectivity index (χ0v) is 15.5. The summed E-state index contributed by atoms with van der Waals surface area (Å²) >= 11 is 17.9. The van der Waals surface area contributed by atoms with E-state index in [4.69, 9.17) is 39.8 Å². The number of thioether (sulfide) groups is 1. The van der Waals surface area contributed by atoms with Gasteiger partial charge < -0.3 is 14.3 Å². The third-order valence-electron chi connectivity index (χ3n) is 3.27. The first-order chi connectivity index (χ1) is 11.8. The Kier molecular flexibility index (Phi) is 5.19. The minimum Gasteiger partial charge on any atom is -0.548 e. The molecule has 9 heteroatoms. The molecular weight excluding hydrogens is 405 g/mol. The largest absolute Gasteiger partial charge is 0.548 e. The van der Waals surface area contributed by atoms with Crippen LogP contribution in [0.25, 0.3) is 17.4 Å². The van der Waals surface area contributed by atoms with E-state index in [0.717, 1.165) is 22.2 Å². The average Bonchev–Trinajstić information content (AvgIpc) is 3.11. The Morgan fingerprint density at radius 2 is 2.04 bits per heavy atom. The molecule has 2 heterocycles. The number of thiocarbonyl (C=S) groups is 1. The molecule has 0 aliphatic carbocycles. The molecule has 128 valence electrons. The summed E-state index contributed by atoms with van der Waals surface area (Å²) in [6.07, 6.45) is 1.51. The molecule has 0 bridgehead atoms. The maximum Gasteiger partial charge on any atom is 0.266 e. The average molecular weight is 413 g/mol. The highest BCUT2D eigenvalue weighted by Crippen LogP contribution is 2.34. The van der Waals surface area contributed by atoms with Crippen LogP contribution in [0.15, 0.2) is 39.7 Å². The number of nitrogens with zero attached hydrogens (tertiary/aromatic N) is 1. The first kappa shape index (κ1) is 18.0. The Balaban J connectivity index is 1.84. The van der Waals surface area contributed by atoms with Crippen molar-refractivity contribution in [2.75, 3.05) is 6.54 Å². The van der Waals surface area contributed by atoms with E-state index in [-0.39, 0.29) is 9.23 Å². The number of benzene rings is 1. The van der Waals surface area contributed by atoms with Gasteiger partial charge in [0.15, 0.2) is 0 Å². The van der Waals surface area contributed by atoms with Gasteiger partial charge in [0.1, 0.15) is 15.8 Å². The van der Waals surface area contributed by atoms with E-state index in [2.05, 4.69) is 0 Å². The van der Waals surface area contributed by atoms with E-state index in [9.17, 15) is 14.7 Å². The molecule has 0 unspecified atom stereocenters. The van der Waals surface area contributed by atoms with Gasteiger partial charge in [-0.15, -0.1) is 0 Å². The standard InChI is InChI=1S/C16H9Cl2NO4S2/c17-10-3-1-8(5-11(10)18)12-4-2-9(23-12)6-13-15(22)19(7-14(20)21)16(24)25-13/h1-6H,7H2,(H,20,21)/p-1/b13-6+. The Hall–Kier alpha value is -1.80. The van der Waals surface area contributed by atoms with Gasteiger partial charge in [0.25, 0.3) is 5.91 Å². The van der Waals surface area contributed by atoms with Gasteiger partial charge >= 0.3 is 0 Å². The van der Waals surface area contributed by atoms with Crippen molar-refractivity contribution in [1.82, 2.24) is 4.90 Å². The summed E-state index contributed by atoms with van der Waals surface area (Å²) in [4.78, 5) is 24.1. The first-order valence-electron chi connectivity index (χ1n) is 6.85. The van der Waals surface area contributed by atoms with Crippen LogP contribution < -0.4 is 5.11 Å². The quantitative estimate of drug-likeness (QED) is 0.566. The van der Waals surface area contributed by atoms with Crippen molar-refractivity contribution in [3.8, 4) is 11.3 Å². The number of carbonyl (C=O) groups excluding carboxylic acids is 2. The minimum absolute atomic E-state index is 0.164. The highest BCUT2D eigenvalue weighted by molar-refractivity contribution is 8.26. The molecule has 1 aliphatic rings. The number of halogens is 2. The van der Waals surface area contributed by atoms with Crippen LogP contribution >= 0.6 is 47.2 Å². The van der Waals surface area contributed by atoms with Crippen LogP contribution in [0.2, 0.25) is 10.0 Å². The van der Waals surface area contributed by atoms with Gasteiger partial charge in [-0.1, -0.05) is 47.2 Å². The van der Waals surface area contributed by atoms with E-state index < -0.39 is 18.4 Å². The van der Waals surface area contributed by atoms with Gasteiger partial charge in [0.2, 0.25) is 0 Å². The van der Waals surface area contributed by atoms with Gasteiger partial charge in [0.05, 0.1) is 27.5 Å². The van der Waals surface area contributed by atoms with Crippen molar-refractivity contribution < 1.29 is 19.1 Å². The third kappa shape index (κ3) is 3.90. The van der Waals surface area contributed by atoms with E-state index in [1.807, 2.05) is 0 Å². The van der Waals surface area contributed by atoms with Crippen LogP contribution in [0.3, 0.4) is 0 Å². The fourth-order valence-corrected chi connectivity index (χ4v) is 3.66. The van der Waals surface area contributed by atoms with Crippen LogP contribution in [0.4, 0.5) is 0 Å². The number of hydrogen-bond donors (Lipinski definition) is 0.